The zero-order valence-electron chi connectivity index (χ0n) is 17.7. The zero-order valence-corrected chi connectivity index (χ0v) is 18.5. The zero-order chi connectivity index (χ0) is 21.3. The molecule has 3 heterocycles. The Morgan fingerprint density at radius 3 is 2.30 bits per heavy atom. The molecular formula is C20H27N5O4S. The van der Waals surface area contributed by atoms with Crippen molar-refractivity contribution in [1.29, 1.82) is 0 Å². The largest absolute Gasteiger partial charge is 0.493 e. The highest BCUT2D eigenvalue weighted by Crippen LogP contribution is 2.45. The summed E-state index contributed by atoms with van der Waals surface area (Å²) in [4.78, 5) is 22.2. The number of hydrogen-bond acceptors (Lipinski definition) is 9. The van der Waals surface area contributed by atoms with Gasteiger partial charge in [-0.15, -0.1) is 0 Å². The normalized spacial score (nSPS) is 20.8. The molecule has 10 heteroatoms. The molecule has 2 atom stereocenters. The number of methoxy groups -OCH3 is 3. The van der Waals surface area contributed by atoms with Crippen LogP contribution in [0.2, 0.25) is 0 Å². The van der Waals surface area contributed by atoms with Crippen molar-refractivity contribution in [2.45, 2.75) is 23.4 Å². The number of piperazine rings is 1. The minimum Gasteiger partial charge on any atom is -0.493 e. The number of likely N-dealkylation sites (N-methyl/N-ethyl adjacent to an activating group) is 1. The Kier molecular flexibility index (Phi) is 6.16. The van der Waals surface area contributed by atoms with Gasteiger partial charge < -0.3 is 19.1 Å². The summed E-state index contributed by atoms with van der Waals surface area (Å²) in [5, 5.41) is 4.39. The molecule has 0 bridgehead atoms. The Bertz CT molecular complexity index is 887. The van der Waals surface area contributed by atoms with Crippen LogP contribution in [0.15, 0.2) is 23.6 Å². The predicted octanol–water partition coefficient (Wildman–Crippen LogP) is 1.80. The van der Waals surface area contributed by atoms with E-state index in [1.54, 1.807) is 21.3 Å². The Morgan fingerprint density at radius 2 is 1.77 bits per heavy atom. The van der Waals surface area contributed by atoms with E-state index >= 15 is 0 Å². The smallest absolute Gasteiger partial charge is 0.264 e. The van der Waals surface area contributed by atoms with Gasteiger partial charge in [-0.3, -0.25) is 9.69 Å². The molecule has 2 aliphatic rings. The minimum atomic E-state index is -0.350. The van der Waals surface area contributed by atoms with Gasteiger partial charge in [-0.05, 0) is 24.2 Å². The summed E-state index contributed by atoms with van der Waals surface area (Å²) in [6.45, 7) is 6.87. The quantitative estimate of drug-likeness (QED) is 0.649. The van der Waals surface area contributed by atoms with Gasteiger partial charge in [0.1, 0.15) is 11.6 Å². The first-order chi connectivity index (χ1) is 14.6. The van der Waals surface area contributed by atoms with E-state index in [0.29, 0.717) is 22.4 Å². The van der Waals surface area contributed by atoms with Gasteiger partial charge in [-0.1, -0.05) is 18.7 Å². The first-order valence-corrected chi connectivity index (χ1v) is 10.9. The van der Waals surface area contributed by atoms with Crippen LogP contribution in [-0.4, -0.2) is 89.8 Å². The average Bonchev–Trinajstić information content (AvgIpc) is 3.37. The molecule has 1 fully saturated rings. The summed E-state index contributed by atoms with van der Waals surface area (Å²) in [6, 6.07) is 3.72. The lowest BCUT2D eigenvalue weighted by Gasteiger charge is -2.40. The lowest BCUT2D eigenvalue weighted by molar-refractivity contribution is 0.0738. The first-order valence-electron chi connectivity index (χ1n) is 9.98. The highest BCUT2D eigenvalue weighted by Gasteiger charge is 2.43. The number of fused-ring (bicyclic) bond motifs is 1. The summed E-state index contributed by atoms with van der Waals surface area (Å²) < 4.78 is 18.0. The third-order valence-corrected chi connectivity index (χ3v) is 6.97. The molecule has 9 nitrogen and oxygen atoms in total. The SMILES string of the molecule is CCN1CCN(C(c2cc(OC)c(OC)c(OC)c2)C2Sc3ncnn3C2=O)CC1. The van der Waals surface area contributed by atoms with Gasteiger partial charge >= 0.3 is 0 Å². The molecule has 2 aliphatic heterocycles. The van der Waals surface area contributed by atoms with E-state index in [9.17, 15) is 4.79 Å². The lowest BCUT2D eigenvalue weighted by atomic mass is 9.98. The molecule has 2 aromatic rings. The van der Waals surface area contributed by atoms with E-state index in [1.165, 1.54) is 22.8 Å². The number of hydrogen-bond donors (Lipinski definition) is 0. The Labute approximate surface area is 180 Å². The van der Waals surface area contributed by atoms with Gasteiger partial charge in [0, 0.05) is 26.2 Å². The Hall–Kier alpha value is -2.30. The van der Waals surface area contributed by atoms with Gasteiger partial charge in [0.15, 0.2) is 16.7 Å². The molecule has 1 saturated heterocycles. The first kappa shape index (κ1) is 21.0. The fraction of sp³-hybridized carbons (Fsp3) is 0.550. The standard InChI is InChI=1S/C20H27N5O4S/c1-5-23-6-8-24(9-7-23)16(18-19(26)25-20(30-18)21-12-22-25)13-10-14(27-2)17(29-4)15(11-13)28-3/h10-12,16,18H,5-9H2,1-4H3. The van der Waals surface area contributed by atoms with Crippen LogP contribution in [0.4, 0.5) is 0 Å². The predicted molar refractivity (Wildman–Crippen MR) is 113 cm³/mol. The molecule has 0 amide bonds. The number of thioether (sulfide) groups is 1. The van der Waals surface area contributed by atoms with Crippen LogP contribution in [0, 0.1) is 0 Å². The van der Waals surface area contributed by atoms with Crippen LogP contribution in [0.3, 0.4) is 0 Å². The van der Waals surface area contributed by atoms with Crippen LogP contribution in [0.25, 0.3) is 0 Å². The maximum Gasteiger partial charge on any atom is 0.264 e. The third-order valence-electron chi connectivity index (χ3n) is 5.76. The topological polar surface area (TPSA) is 81.9 Å². The summed E-state index contributed by atoms with van der Waals surface area (Å²) in [5.74, 6) is 1.65. The molecular weight excluding hydrogens is 406 g/mol. The number of aromatic nitrogens is 3. The molecule has 1 aromatic heterocycles. The Morgan fingerprint density at radius 1 is 1.10 bits per heavy atom. The monoisotopic (exact) mass is 433 g/mol. The number of carbonyl (C=O) groups excluding carboxylic acids is 1. The van der Waals surface area contributed by atoms with Crippen LogP contribution in [-0.2, 0) is 0 Å². The fourth-order valence-electron chi connectivity index (χ4n) is 4.15. The van der Waals surface area contributed by atoms with Crippen LogP contribution in [0.1, 0.15) is 23.3 Å². The number of rotatable bonds is 7. The van der Waals surface area contributed by atoms with Crippen molar-refractivity contribution in [3.05, 3.63) is 24.0 Å². The van der Waals surface area contributed by atoms with E-state index in [2.05, 4.69) is 26.8 Å². The van der Waals surface area contributed by atoms with Gasteiger partial charge in [0.05, 0.1) is 27.4 Å². The van der Waals surface area contributed by atoms with E-state index in [4.69, 9.17) is 14.2 Å². The molecule has 2 unspecified atom stereocenters. The van der Waals surface area contributed by atoms with Crippen molar-refractivity contribution in [3.8, 4) is 17.2 Å². The third kappa shape index (κ3) is 3.63. The van der Waals surface area contributed by atoms with E-state index in [-0.39, 0.29) is 17.2 Å². The van der Waals surface area contributed by atoms with Crippen molar-refractivity contribution in [2.75, 3.05) is 54.1 Å². The minimum absolute atomic E-state index is 0.0517. The van der Waals surface area contributed by atoms with Crippen molar-refractivity contribution in [1.82, 2.24) is 24.6 Å². The van der Waals surface area contributed by atoms with Crippen molar-refractivity contribution in [2.24, 2.45) is 0 Å². The number of nitrogens with zero attached hydrogens (tertiary/aromatic N) is 5. The number of carbonyl (C=O) groups is 1. The van der Waals surface area contributed by atoms with Crippen molar-refractivity contribution >= 4 is 17.7 Å². The van der Waals surface area contributed by atoms with Gasteiger partial charge in [0.2, 0.25) is 5.75 Å². The highest BCUT2D eigenvalue weighted by molar-refractivity contribution is 8.00. The average molecular weight is 434 g/mol. The van der Waals surface area contributed by atoms with Crippen LogP contribution >= 0.6 is 11.8 Å². The fourth-order valence-corrected chi connectivity index (χ4v) is 5.38. The van der Waals surface area contributed by atoms with E-state index in [1.807, 2.05) is 12.1 Å². The molecule has 0 aliphatic carbocycles. The number of benzene rings is 1. The second-order valence-corrected chi connectivity index (χ2v) is 8.31. The number of ether oxygens (including phenoxy) is 3. The maximum atomic E-state index is 13.2. The van der Waals surface area contributed by atoms with Gasteiger partial charge in [0.25, 0.3) is 5.91 Å². The molecule has 0 radical (unpaired) electrons. The van der Waals surface area contributed by atoms with Crippen molar-refractivity contribution in [3.63, 3.8) is 0 Å². The molecule has 0 spiro atoms. The molecule has 0 saturated carbocycles. The molecule has 0 N–H and O–H groups in total. The summed E-state index contributed by atoms with van der Waals surface area (Å²) >= 11 is 1.46. The van der Waals surface area contributed by atoms with Crippen molar-refractivity contribution < 1.29 is 19.0 Å². The lowest BCUT2D eigenvalue weighted by Crippen LogP contribution is -2.50. The van der Waals surface area contributed by atoms with Crippen LogP contribution < -0.4 is 14.2 Å². The van der Waals surface area contributed by atoms with Gasteiger partial charge in [-0.25, -0.2) is 4.98 Å². The van der Waals surface area contributed by atoms with E-state index < -0.39 is 0 Å². The molecule has 1 aromatic carbocycles. The summed E-state index contributed by atoms with van der Waals surface area (Å²) in [6.07, 6.45) is 1.42. The molecule has 30 heavy (non-hydrogen) atoms. The highest BCUT2D eigenvalue weighted by atomic mass is 32.2. The summed E-state index contributed by atoms with van der Waals surface area (Å²) in [5.41, 5.74) is 0.950. The maximum absolute atomic E-state index is 13.2. The second-order valence-electron chi connectivity index (χ2n) is 7.20. The van der Waals surface area contributed by atoms with Crippen LogP contribution in [0.5, 0.6) is 17.2 Å². The Balaban J connectivity index is 1.74. The van der Waals surface area contributed by atoms with Gasteiger partial charge in [-0.2, -0.15) is 9.78 Å². The summed E-state index contributed by atoms with van der Waals surface area (Å²) in [7, 11) is 4.79. The second kappa shape index (κ2) is 8.83. The molecule has 162 valence electrons. The van der Waals surface area contributed by atoms with E-state index in [0.717, 1.165) is 38.3 Å². The molecule has 4 rings (SSSR count).